The van der Waals surface area contributed by atoms with Crippen LogP contribution >= 0.6 is 0 Å². The van der Waals surface area contributed by atoms with Crippen molar-refractivity contribution < 1.29 is 26.1 Å². The highest BCUT2D eigenvalue weighted by molar-refractivity contribution is 7.89. The van der Waals surface area contributed by atoms with E-state index in [4.69, 9.17) is 5.26 Å². The Hall–Kier alpha value is -1.67. The van der Waals surface area contributed by atoms with Crippen molar-refractivity contribution in [1.82, 2.24) is 4.72 Å². The maximum atomic E-state index is 12.1. The molecule has 1 aromatic rings. The predicted molar refractivity (Wildman–Crippen MR) is 79.0 cm³/mol. The first-order valence-corrected chi connectivity index (χ1v) is 9.53. The van der Waals surface area contributed by atoms with E-state index in [1.165, 1.54) is 25.1 Å². The maximum Gasteiger partial charge on any atom is 0.275 e. The SMILES string of the molecule is CCOS(=O)(=O)C(CNS(C)(=O)=O)c1cc(C#N)ccc1O. The summed E-state index contributed by atoms with van der Waals surface area (Å²) < 4.78 is 53.4. The fraction of sp³-hybridized carbons (Fsp3) is 0.417. The van der Waals surface area contributed by atoms with Crippen molar-refractivity contribution in [2.45, 2.75) is 12.2 Å². The van der Waals surface area contributed by atoms with Gasteiger partial charge in [-0.25, -0.2) is 13.1 Å². The first-order chi connectivity index (χ1) is 10.1. The van der Waals surface area contributed by atoms with E-state index >= 15 is 0 Å². The summed E-state index contributed by atoms with van der Waals surface area (Å²) in [6.45, 7) is 0.796. The van der Waals surface area contributed by atoms with Gasteiger partial charge in [-0.05, 0) is 25.1 Å². The Morgan fingerprint density at radius 2 is 2.00 bits per heavy atom. The number of hydrogen-bond donors (Lipinski definition) is 2. The van der Waals surface area contributed by atoms with Crippen LogP contribution < -0.4 is 4.72 Å². The van der Waals surface area contributed by atoms with Crippen LogP contribution in [0.4, 0.5) is 0 Å². The molecule has 0 aliphatic rings. The summed E-state index contributed by atoms with van der Waals surface area (Å²) in [6, 6.07) is 5.48. The third-order valence-corrected chi connectivity index (χ3v) is 5.04. The molecular formula is C12H16N2O6S2. The summed E-state index contributed by atoms with van der Waals surface area (Å²) in [5.74, 6) is -0.373. The van der Waals surface area contributed by atoms with Gasteiger partial charge in [0.2, 0.25) is 10.0 Å². The van der Waals surface area contributed by atoms with Gasteiger partial charge in [0.1, 0.15) is 11.0 Å². The van der Waals surface area contributed by atoms with E-state index in [9.17, 15) is 21.9 Å². The molecule has 8 nitrogen and oxygen atoms in total. The van der Waals surface area contributed by atoms with Crippen molar-refractivity contribution in [3.63, 3.8) is 0 Å². The summed E-state index contributed by atoms with van der Waals surface area (Å²) in [6.07, 6.45) is 0.878. The fourth-order valence-electron chi connectivity index (χ4n) is 1.72. The summed E-state index contributed by atoms with van der Waals surface area (Å²) in [7, 11) is -7.84. The third-order valence-electron chi connectivity index (χ3n) is 2.67. The van der Waals surface area contributed by atoms with Crippen molar-refractivity contribution in [2.75, 3.05) is 19.4 Å². The molecule has 1 aromatic carbocycles. The average Bonchev–Trinajstić information content (AvgIpc) is 2.39. The minimum Gasteiger partial charge on any atom is -0.508 e. The Balaban J connectivity index is 3.35. The molecule has 0 bridgehead atoms. The number of nitrogens with one attached hydrogen (secondary N) is 1. The van der Waals surface area contributed by atoms with Crippen molar-refractivity contribution in [2.24, 2.45) is 0 Å². The van der Waals surface area contributed by atoms with Gasteiger partial charge in [0.15, 0.2) is 0 Å². The monoisotopic (exact) mass is 348 g/mol. The molecule has 1 atom stereocenters. The predicted octanol–water partition coefficient (Wildman–Crippen LogP) is 0.220. The molecule has 0 fully saturated rings. The second kappa shape index (κ2) is 7.06. The molecule has 0 saturated carbocycles. The second-order valence-electron chi connectivity index (χ2n) is 4.39. The molecular weight excluding hydrogens is 332 g/mol. The molecule has 10 heteroatoms. The van der Waals surface area contributed by atoms with Crippen molar-refractivity contribution in [1.29, 1.82) is 5.26 Å². The van der Waals surface area contributed by atoms with Gasteiger partial charge in [-0.2, -0.15) is 13.7 Å². The van der Waals surface area contributed by atoms with Gasteiger partial charge >= 0.3 is 0 Å². The highest BCUT2D eigenvalue weighted by atomic mass is 32.2. The van der Waals surface area contributed by atoms with Crippen LogP contribution in [-0.4, -0.2) is 41.3 Å². The lowest BCUT2D eigenvalue weighted by molar-refractivity contribution is 0.329. The molecule has 0 radical (unpaired) electrons. The third kappa shape index (κ3) is 4.96. The van der Waals surface area contributed by atoms with Crippen molar-refractivity contribution in [3.8, 4) is 11.8 Å². The number of phenols is 1. The maximum absolute atomic E-state index is 12.1. The number of phenolic OH excluding ortho intramolecular Hbond substituents is 1. The topological polar surface area (TPSA) is 134 Å². The van der Waals surface area contributed by atoms with Crippen molar-refractivity contribution in [3.05, 3.63) is 29.3 Å². The molecule has 0 amide bonds. The number of rotatable bonds is 7. The van der Waals surface area contributed by atoms with E-state index in [-0.39, 0.29) is 23.5 Å². The zero-order valence-corrected chi connectivity index (χ0v) is 13.6. The van der Waals surface area contributed by atoms with E-state index in [0.29, 0.717) is 0 Å². The molecule has 0 aliphatic carbocycles. The van der Waals surface area contributed by atoms with E-state index in [1.54, 1.807) is 0 Å². The zero-order valence-electron chi connectivity index (χ0n) is 12.0. The van der Waals surface area contributed by atoms with Gasteiger partial charge in [0.05, 0.1) is 24.5 Å². The molecule has 22 heavy (non-hydrogen) atoms. The molecule has 0 aromatic heterocycles. The number of sulfonamides is 1. The summed E-state index contributed by atoms with van der Waals surface area (Å²) in [4.78, 5) is 0. The average molecular weight is 348 g/mol. The van der Waals surface area contributed by atoms with Crippen LogP contribution in [0.5, 0.6) is 5.75 Å². The number of benzene rings is 1. The number of nitrogens with zero attached hydrogens (tertiary/aromatic N) is 1. The van der Waals surface area contributed by atoms with E-state index in [0.717, 1.165) is 6.26 Å². The Kier molecular flexibility index (Phi) is 5.90. The molecule has 122 valence electrons. The second-order valence-corrected chi connectivity index (χ2v) is 8.02. The number of hydrogen-bond acceptors (Lipinski definition) is 7. The highest BCUT2D eigenvalue weighted by Gasteiger charge is 2.31. The number of aromatic hydroxyl groups is 1. The Morgan fingerprint density at radius 1 is 1.36 bits per heavy atom. The van der Waals surface area contributed by atoms with Crippen LogP contribution in [0, 0.1) is 11.3 Å². The number of nitriles is 1. The minimum atomic E-state index is -4.19. The Labute approximate surface area is 129 Å². The van der Waals surface area contributed by atoms with Gasteiger partial charge in [-0.3, -0.25) is 4.18 Å². The quantitative estimate of drug-likeness (QED) is 0.673. The lowest BCUT2D eigenvalue weighted by Crippen LogP contribution is -2.32. The normalized spacial score (nSPS) is 13.5. The summed E-state index contributed by atoms with van der Waals surface area (Å²) >= 11 is 0. The van der Waals surface area contributed by atoms with Crippen LogP contribution in [0.2, 0.25) is 0 Å². The lowest BCUT2D eigenvalue weighted by Gasteiger charge is -2.18. The van der Waals surface area contributed by atoms with Crippen LogP contribution in [0.3, 0.4) is 0 Å². The van der Waals surface area contributed by atoms with Crippen LogP contribution in [-0.2, 0) is 24.3 Å². The standard InChI is InChI=1S/C12H16N2O6S2/c1-3-20-22(18,19)12(8-14-21(2,16)17)10-6-9(7-13)4-5-11(10)15/h4-6,12,14-15H,3,8H2,1-2H3. The van der Waals surface area contributed by atoms with Gasteiger partial charge in [0, 0.05) is 12.1 Å². The van der Waals surface area contributed by atoms with Gasteiger partial charge < -0.3 is 5.11 Å². The molecule has 0 aliphatic heterocycles. The van der Waals surface area contributed by atoms with E-state index in [2.05, 4.69) is 8.91 Å². The zero-order chi connectivity index (χ0) is 17.0. The summed E-state index contributed by atoms with van der Waals surface area (Å²) in [5, 5.41) is 17.3. The van der Waals surface area contributed by atoms with Gasteiger partial charge in [0.25, 0.3) is 10.1 Å². The smallest absolute Gasteiger partial charge is 0.275 e. The molecule has 0 saturated heterocycles. The van der Waals surface area contributed by atoms with Crippen LogP contribution in [0.25, 0.3) is 0 Å². The Bertz CT molecular complexity index is 780. The first-order valence-electron chi connectivity index (χ1n) is 6.16. The van der Waals surface area contributed by atoms with Gasteiger partial charge in [-0.1, -0.05) is 0 Å². The molecule has 1 rings (SSSR count). The Morgan fingerprint density at radius 3 is 2.50 bits per heavy atom. The fourth-order valence-corrected chi connectivity index (χ4v) is 3.58. The molecule has 0 spiro atoms. The minimum absolute atomic E-state index is 0.108. The first kappa shape index (κ1) is 18.4. The highest BCUT2D eigenvalue weighted by Crippen LogP contribution is 2.31. The van der Waals surface area contributed by atoms with E-state index in [1.807, 2.05) is 6.07 Å². The van der Waals surface area contributed by atoms with Crippen molar-refractivity contribution >= 4 is 20.1 Å². The van der Waals surface area contributed by atoms with Crippen LogP contribution in [0.1, 0.15) is 23.3 Å². The lowest BCUT2D eigenvalue weighted by atomic mass is 10.1. The molecule has 0 heterocycles. The van der Waals surface area contributed by atoms with Gasteiger partial charge in [-0.15, -0.1) is 0 Å². The largest absolute Gasteiger partial charge is 0.508 e. The molecule has 1 unspecified atom stereocenters. The van der Waals surface area contributed by atoms with Crippen LogP contribution in [0.15, 0.2) is 18.2 Å². The molecule has 2 N–H and O–H groups in total. The summed E-state index contributed by atoms with van der Waals surface area (Å²) in [5.41, 5.74) is 0.0208. The van der Waals surface area contributed by atoms with E-state index < -0.39 is 31.9 Å².